The average molecular weight is 191 g/mol. The van der Waals surface area contributed by atoms with Crippen LogP contribution in [0.15, 0.2) is 18.2 Å². The van der Waals surface area contributed by atoms with Crippen molar-refractivity contribution in [2.75, 3.05) is 13.2 Å². The molecule has 76 valence electrons. The van der Waals surface area contributed by atoms with Gasteiger partial charge in [-0.3, -0.25) is 0 Å². The van der Waals surface area contributed by atoms with E-state index in [0.717, 1.165) is 19.8 Å². The van der Waals surface area contributed by atoms with Gasteiger partial charge in [0.05, 0.1) is 19.3 Å². The van der Waals surface area contributed by atoms with Gasteiger partial charge in [0.2, 0.25) is 0 Å². The molecule has 2 heteroatoms. The molecule has 1 saturated heterocycles. The molecule has 1 fully saturated rings. The highest BCUT2D eigenvalue weighted by molar-refractivity contribution is 5.30. The summed E-state index contributed by atoms with van der Waals surface area (Å²) in [6.07, 6.45) is 0. The van der Waals surface area contributed by atoms with Crippen molar-refractivity contribution in [3.05, 3.63) is 34.9 Å². The number of nitrogens with one attached hydrogen (secondary N) is 1. The Hall–Kier alpha value is -0.860. The third-order valence-corrected chi connectivity index (χ3v) is 2.72. The first-order chi connectivity index (χ1) is 6.75. The lowest BCUT2D eigenvalue weighted by molar-refractivity contribution is -0.00580. The molecular weight excluding hydrogens is 174 g/mol. The maximum absolute atomic E-state index is 5.11. The van der Waals surface area contributed by atoms with Gasteiger partial charge < -0.3 is 10.1 Å². The summed E-state index contributed by atoms with van der Waals surface area (Å²) in [5.74, 6) is 0. The molecule has 0 aliphatic carbocycles. The summed E-state index contributed by atoms with van der Waals surface area (Å²) >= 11 is 0. The van der Waals surface area contributed by atoms with Gasteiger partial charge in [-0.1, -0.05) is 23.8 Å². The minimum atomic E-state index is 0.565. The highest BCUT2D eigenvalue weighted by atomic mass is 16.5. The Kier molecular flexibility index (Phi) is 2.85. The van der Waals surface area contributed by atoms with Crippen LogP contribution in [0.2, 0.25) is 0 Å². The molecule has 2 rings (SSSR count). The summed E-state index contributed by atoms with van der Waals surface area (Å²) in [5.41, 5.74) is 4.09. The van der Waals surface area contributed by atoms with Crippen LogP contribution in [0.3, 0.4) is 0 Å². The Bertz CT molecular complexity index is 318. The zero-order valence-corrected chi connectivity index (χ0v) is 8.84. The van der Waals surface area contributed by atoms with E-state index in [-0.39, 0.29) is 0 Å². The van der Waals surface area contributed by atoms with Crippen LogP contribution in [0.4, 0.5) is 0 Å². The Morgan fingerprint density at radius 2 is 2.14 bits per heavy atom. The predicted molar refractivity (Wildman–Crippen MR) is 57.4 cm³/mol. The molecule has 1 aliphatic heterocycles. The van der Waals surface area contributed by atoms with Crippen molar-refractivity contribution in [3.8, 4) is 0 Å². The van der Waals surface area contributed by atoms with E-state index in [9.17, 15) is 0 Å². The Balaban J connectivity index is 1.96. The lowest BCUT2D eigenvalue weighted by Crippen LogP contribution is -2.45. The first kappa shape index (κ1) is 9.69. The molecule has 0 bridgehead atoms. The molecule has 0 amide bonds. The van der Waals surface area contributed by atoms with Crippen LogP contribution >= 0.6 is 0 Å². The van der Waals surface area contributed by atoms with Crippen molar-refractivity contribution in [2.45, 2.75) is 26.4 Å². The summed E-state index contributed by atoms with van der Waals surface area (Å²) in [7, 11) is 0. The van der Waals surface area contributed by atoms with Gasteiger partial charge in [0.15, 0.2) is 0 Å². The number of ether oxygens (including phenoxy) is 1. The fourth-order valence-electron chi connectivity index (χ4n) is 1.60. The van der Waals surface area contributed by atoms with Crippen LogP contribution in [0.5, 0.6) is 0 Å². The van der Waals surface area contributed by atoms with Crippen molar-refractivity contribution in [3.63, 3.8) is 0 Å². The molecule has 1 heterocycles. The van der Waals surface area contributed by atoms with Gasteiger partial charge in [-0.15, -0.1) is 0 Å². The van der Waals surface area contributed by atoms with Crippen molar-refractivity contribution < 1.29 is 4.74 Å². The normalized spacial score (nSPS) is 16.7. The number of hydrogen-bond donors (Lipinski definition) is 1. The first-order valence-electron chi connectivity index (χ1n) is 5.13. The van der Waals surface area contributed by atoms with Crippen LogP contribution in [0.1, 0.15) is 16.7 Å². The topological polar surface area (TPSA) is 21.3 Å². The SMILES string of the molecule is Cc1ccc(C)c(CNC2COC2)c1. The van der Waals surface area contributed by atoms with E-state index < -0.39 is 0 Å². The van der Waals surface area contributed by atoms with E-state index in [0.29, 0.717) is 6.04 Å². The minimum Gasteiger partial charge on any atom is -0.378 e. The monoisotopic (exact) mass is 191 g/mol. The van der Waals surface area contributed by atoms with E-state index >= 15 is 0 Å². The van der Waals surface area contributed by atoms with Gasteiger partial charge in [0.1, 0.15) is 0 Å². The van der Waals surface area contributed by atoms with E-state index in [1.165, 1.54) is 16.7 Å². The summed E-state index contributed by atoms with van der Waals surface area (Å²) in [6.45, 7) is 6.99. The molecule has 0 unspecified atom stereocenters. The van der Waals surface area contributed by atoms with Gasteiger partial charge in [-0.25, -0.2) is 0 Å². The minimum absolute atomic E-state index is 0.565. The largest absolute Gasteiger partial charge is 0.378 e. The quantitative estimate of drug-likeness (QED) is 0.786. The molecule has 1 N–H and O–H groups in total. The van der Waals surface area contributed by atoms with E-state index in [2.05, 4.69) is 37.4 Å². The molecule has 0 atom stereocenters. The molecule has 0 radical (unpaired) electrons. The second kappa shape index (κ2) is 4.11. The number of rotatable bonds is 3. The Labute approximate surface area is 85.3 Å². The summed E-state index contributed by atoms with van der Waals surface area (Å²) in [6, 6.07) is 7.16. The van der Waals surface area contributed by atoms with E-state index in [1.54, 1.807) is 0 Å². The second-order valence-corrected chi connectivity index (χ2v) is 4.05. The highest BCUT2D eigenvalue weighted by Gasteiger charge is 2.17. The molecule has 0 aromatic heterocycles. The van der Waals surface area contributed by atoms with Crippen molar-refractivity contribution in [1.82, 2.24) is 5.32 Å². The maximum atomic E-state index is 5.11. The fourth-order valence-corrected chi connectivity index (χ4v) is 1.60. The standard InChI is InChI=1S/C12H17NO/c1-9-3-4-10(2)11(5-9)6-13-12-7-14-8-12/h3-5,12-13H,6-8H2,1-2H3. The van der Waals surface area contributed by atoms with Gasteiger partial charge >= 0.3 is 0 Å². The highest BCUT2D eigenvalue weighted by Crippen LogP contribution is 2.11. The van der Waals surface area contributed by atoms with Crippen LogP contribution in [-0.4, -0.2) is 19.3 Å². The van der Waals surface area contributed by atoms with Gasteiger partial charge in [-0.05, 0) is 25.0 Å². The molecule has 1 aromatic rings. The molecule has 0 saturated carbocycles. The van der Waals surface area contributed by atoms with Crippen molar-refractivity contribution >= 4 is 0 Å². The van der Waals surface area contributed by atoms with E-state index in [4.69, 9.17) is 4.74 Å². The maximum Gasteiger partial charge on any atom is 0.0643 e. The van der Waals surface area contributed by atoms with Gasteiger partial charge in [0, 0.05) is 6.54 Å². The number of benzene rings is 1. The number of hydrogen-bond acceptors (Lipinski definition) is 2. The molecule has 1 aliphatic rings. The molecule has 2 nitrogen and oxygen atoms in total. The van der Waals surface area contributed by atoms with Crippen LogP contribution in [-0.2, 0) is 11.3 Å². The van der Waals surface area contributed by atoms with Crippen LogP contribution in [0, 0.1) is 13.8 Å². The lowest BCUT2D eigenvalue weighted by atomic mass is 10.1. The molecule has 14 heavy (non-hydrogen) atoms. The summed E-state index contributed by atoms with van der Waals surface area (Å²) in [5, 5.41) is 3.48. The van der Waals surface area contributed by atoms with Crippen LogP contribution < -0.4 is 5.32 Å². The Morgan fingerprint density at radius 3 is 2.79 bits per heavy atom. The van der Waals surface area contributed by atoms with Crippen molar-refractivity contribution in [1.29, 1.82) is 0 Å². The lowest BCUT2D eigenvalue weighted by Gasteiger charge is -2.27. The van der Waals surface area contributed by atoms with Crippen molar-refractivity contribution in [2.24, 2.45) is 0 Å². The predicted octanol–water partition coefficient (Wildman–Crippen LogP) is 1.79. The first-order valence-corrected chi connectivity index (χ1v) is 5.13. The third-order valence-electron chi connectivity index (χ3n) is 2.72. The second-order valence-electron chi connectivity index (χ2n) is 4.05. The zero-order valence-electron chi connectivity index (χ0n) is 8.84. The molecule has 0 spiro atoms. The zero-order chi connectivity index (χ0) is 9.97. The smallest absolute Gasteiger partial charge is 0.0643 e. The van der Waals surface area contributed by atoms with Crippen LogP contribution in [0.25, 0.3) is 0 Å². The average Bonchev–Trinajstić information content (AvgIpc) is 2.08. The molecular formula is C12H17NO. The van der Waals surface area contributed by atoms with E-state index in [1.807, 2.05) is 0 Å². The molecule has 1 aromatic carbocycles. The Morgan fingerprint density at radius 1 is 1.36 bits per heavy atom. The van der Waals surface area contributed by atoms with Gasteiger partial charge in [0.25, 0.3) is 0 Å². The summed E-state index contributed by atoms with van der Waals surface area (Å²) < 4.78 is 5.11. The summed E-state index contributed by atoms with van der Waals surface area (Å²) in [4.78, 5) is 0. The third kappa shape index (κ3) is 2.14. The fraction of sp³-hybridized carbons (Fsp3) is 0.500. The van der Waals surface area contributed by atoms with Gasteiger partial charge in [-0.2, -0.15) is 0 Å². The number of aryl methyl sites for hydroxylation is 2.